The molecular formula is C16H26O3. The van der Waals surface area contributed by atoms with Crippen LogP contribution >= 0.6 is 0 Å². The van der Waals surface area contributed by atoms with E-state index < -0.39 is 0 Å². The van der Waals surface area contributed by atoms with Gasteiger partial charge in [-0.25, -0.2) is 0 Å². The number of allylic oxidation sites excluding steroid dienone is 1. The van der Waals surface area contributed by atoms with E-state index in [0.717, 1.165) is 18.4 Å². The van der Waals surface area contributed by atoms with Gasteiger partial charge in [-0.05, 0) is 32.3 Å². The lowest BCUT2D eigenvalue weighted by atomic mass is 9.76. The second-order valence-corrected chi connectivity index (χ2v) is 5.40. The second-order valence-electron chi connectivity index (χ2n) is 5.40. The zero-order chi connectivity index (χ0) is 14.3. The fraction of sp³-hybridized carbons (Fsp3) is 0.750. The zero-order valence-electron chi connectivity index (χ0n) is 12.4. The van der Waals surface area contributed by atoms with Crippen LogP contribution in [-0.4, -0.2) is 18.4 Å². The molecule has 0 amide bonds. The summed E-state index contributed by atoms with van der Waals surface area (Å²) in [5.41, 5.74) is 0.871. The SMILES string of the molecule is CCCCCC[C@@H]1CC(=O)C=C(C)[C@H]1C(=O)OCC. The van der Waals surface area contributed by atoms with E-state index in [1.54, 1.807) is 6.08 Å². The minimum Gasteiger partial charge on any atom is -0.466 e. The quantitative estimate of drug-likeness (QED) is 0.521. The summed E-state index contributed by atoms with van der Waals surface area (Å²) in [6.07, 6.45) is 7.75. The number of hydrogen-bond acceptors (Lipinski definition) is 3. The van der Waals surface area contributed by atoms with Crippen molar-refractivity contribution in [2.45, 2.75) is 59.3 Å². The van der Waals surface area contributed by atoms with Crippen LogP contribution in [0, 0.1) is 11.8 Å². The van der Waals surface area contributed by atoms with Gasteiger partial charge in [0.2, 0.25) is 0 Å². The molecule has 1 aliphatic rings. The Morgan fingerprint density at radius 1 is 1.32 bits per heavy atom. The highest BCUT2D eigenvalue weighted by Crippen LogP contribution is 2.33. The lowest BCUT2D eigenvalue weighted by Crippen LogP contribution is -2.32. The molecule has 0 heterocycles. The summed E-state index contributed by atoms with van der Waals surface area (Å²) >= 11 is 0. The molecule has 0 aromatic heterocycles. The lowest BCUT2D eigenvalue weighted by molar-refractivity contribution is -0.149. The lowest BCUT2D eigenvalue weighted by Gasteiger charge is -2.29. The van der Waals surface area contributed by atoms with E-state index in [4.69, 9.17) is 4.74 Å². The summed E-state index contributed by atoms with van der Waals surface area (Å²) in [6.45, 7) is 6.27. The maximum atomic E-state index is 12.0. The number of carbonyl (C=O) groups excluding carboxylic acids is 2. The Morgan fingerprint density at radius 3 is 2.68 bits per heavy atom. The molecule has 1 rings (SSSR count). The third-order valence-electron chi connectivity index (χ3n) is 3.78. The molecule has 19 heavy (non-hydrogen) atoms. The number of esters is 1. The van der Waals surface area contributed by atoms with Crippen molar-refractivity contribution in [1.82, 2.24) is 0 Å². The first-order valence-electron chi connectivity index (χ1n) is 7.47. The van der Waals surface area contributed by atoms with Gasteiger partial charge in [-0.1, -0.05) is 38.2 Å². The maximum Gasteiger partial charge on any atom is 0.313 e. The number of ketones is 1. The Morgan fingerprint density at radius 2 is 2.05 bits per heavy atom. The maximum absolute atomic E-state index is 12.0. The van der Waals surface area contributed by atoms with Gasteiger partial charge >= 0.3 is 5.97 Å². The van der Waals surface area contributed by atoms with Crippen molar-refractivity contribution in [1.29, 1.82) is 0 Å². The molecule has 0 bridgehead atoms. The van der Waals surface area contributed by atoms with Gasteiger partial charge in [0.15, 0.2) is 5.78 Å². The van der Waals surface area contributed by atoms with Crippen LogP contribution in [0.1, 0.15) is 59.3 Å². The summed E-state index contributed by atoms with van der Waals surface area (Å²) in [6, 6.07) is 0. The normalized spacial score (nSPS) is 23.1. The van der Waals surface area contributed by atoms with Crippen molar-refractivity contribution in [3.63, 3.8) is 0 Å². The van der Waals surface area contributed by atoms with Gasteiger partial charge in [0, 0.05) is 6.42 Å². The monoisotopic (exact) mass is 266 g/mol. The molecule has 0 fully saturated rings. The first-order valence-corrected chi connectivity index (χ1v) is 7.47. The average Bonchev–Trinajstić information content (AvgIpc) is 2.34. The van der Waals surface area contributed by atoms with Gasteiger partial charge < -0.3 is 4.74 Å². The van der Waals surface area contributed by atoms with Crippen molar-refractivity contribution in [3.8, 4) is 0 Å². The Balaban J connectivity index is 2.66. The van der Waals surface area contributed by atoms with E-state index in [9.17, 15) is 9.59 Å². The molecule has 1 aliphatic carbocycles. The molecule has 0 radical (unpaired) electrons. The smallest absolute Gasteiger partial charge is 0.313 e. The molecule has 3 heteroatoms. The molecule has 3 nitrogen and oxygen atoms in total. The van der Waals surface area contributed by atoms with Crippen LogP contribution in [0.15, 0.2) is 11.6 Å². The third-order valence-corrected chi connectivity index (χ3v) is 3.78. The summed E-state index contributed by atoms with van der Waals surface area (Å²) in [5.74, 6) is -0.0875. The van der Waals surface area contributed by atoms with E-state index in [1.807, 2.05) is 13.8 Å². The van der Waals surface area contributed by atoms with Crippen molar-refractivity contribution in [2.75, 3.05) is 6.61 Å². The van der Waals surface area contributed by atoms with E-state index in [2.05, 4.69) is 6.92 Å². The summed E-state index contributed by atoms with van der Waals surface area (Å²) < 4.78 is 5.15. The molecule has 0 N–H and O–H groups in total. The molecule has 0 aliphatic heterocycles. The number of ether oxygens (including phenoxy) is 1. The molecule has 0 saturated carbocycles. The minimum atomic E-state index is -0.209. The van der Waals surface area contributed by atoms with Crippen LogP contribution in [-0.2, 0) is 14.3 Å². The Labute approximate surface area is 116 Å². The van der Waals surface area contributed by atoms with Crippen LogP contribution < -0.4 is 0 Å². The van der Waals surface area contributed by atoms with Gasteiger partial charge in [-0.3, -0.25) is 9.59 Å². The fourth-order valence-corrected chi connectivity index (χ4v) is 2.86. The van der Waals surface area contributed by atoms with E-state index in [1.165, 1.54) is 19.3 Å². The number of hydrogen-bond donors (Lipinski definition) is 0. The molecule has 0 aromatic rings. The minimum absolute atomic E-state index is 0.133. The zero-order valence-corrected chi connectivity index (χ0v) is 12.4. The average molecular weight is 266 g/mol. The van der Waals surface area contributed by atoms with Crippen LogP contribution in [0.5, 0.6) is 0 Å². The molecule has 0 aromatic carbocycles. The van der Waals surface area contributed by atoms with Gasteiger partial charge in [-0.15, -0.1) is 0 Å². The summed E-state index contributed by atoms with van der Waals surface area (Å²) in [7, 11) is 0. The number of unbranched alkanes of at least 4 members (excludes halogenated alkanes) is 3. The van der Waals surface area contributed by atoms with Crippen molar-refractivity contribution < 1.29 is 14.3 Å². The first-order chi connectivity index (χ1) is 9.10. The van der Waals surface area contributed by atoms with E-state index in [0.29, 0.717) is 13.0 Å². The van der Waals surface area contributed by atoms with E-state index >= 15 is 0 Å². The highest BCUT2D eigenvalue weighted by molar-refractivity contribution is 5.94. The van der Waals surface area contributed by atoms with Crippen LogP contribution in [0.3, 0.4) is 0 Å². The Hall–Kier alpha value is -1.12. The molecule has 108 valence electrons. The molecule has 0 spiro atoms. The molecule has 0 saturated heterocycles. The highest BCUT2D eigenvalue weighted by atomic mass is 16.5. The second kappa shape index (κ2) is 8.13. The number of rotatable bonds is 7. The summed E-state index contributed by atoms with van der Waals surface area (Å²) in [4.78, 5) is 23.7. The predicted octanol–water partition coefficient (Wildman–Crippen LogP) is 3.67. The van der Waals surface area contributed by atoms with Gasteiger partial charge in [0.25, 0.3) is 0 Å². The topological polar surface area (TPSA) is 43.4 Å². The fourth-order valence-electron chi connectivity index (χ4n) is 2.86. The van der Waals surface area contributed by atoms with E-state index in [-0.39, 0.29) is 23.6 Å². The first kappa shape index (κ1) is 15.9. The van der Waals surface area contributed by atoms with Crippen LogP contribution in [0.4, 0.5) is 0 Å². The van der Waals surface area contributed by atoms with Crippen LogP contribution in [0.2, 0.25) is 0 Å². The molecule has 2 atom stereocenters. The standard InChI is InChI=1S/C16H26O3/c1-4-6-7-8-9-13-11-14(17)10-12(3)15(13)16(18)19-5-2/h10,13,15H,4-9,11H2,1-3H3/t13-,15-/m1/s1. The Bertz CT molecular complexity index is 344. The van der Waals surface area contributed by atoms with Gasteiger partial charge in [-0.2, -0.15) is 0 Å². The number of carbonyl (C=O) groups is 2. The predicted molar refractivity (Wildman–Crippen MR) is 75.8 cm³/mol. The molecule has 0 unspecified atom stereocenters. The summed E-state index contributed by atoms with van der Waals surface area (Å²) in [5, 5.41) is 0. The third kappa shape index (κ3) is 4.81. The van der Waals surface area contributed by atoms with Crippen molar-refractivity contribution >= 4 is 11.8 Å². The molecular weight excluding hydrogens is 240 g/mol. The van der Waals surface area contributed by atoms with Gasteiger partial charge in [0.1, 0.15) is 0 Å². The van der Waals surface area contributed by atoms with Gasteiger partial charge in [0.05, 0.1) is 12.5 Å². The van der Waals surface area contributed by atoms with Crippen molar-refractivity contribution in [2.24, 2.45) is 11.8 Å². The van der Waals surface area contributed by atoms with Crippen molar-refractivity contribution in [3.05, 3.63) is 11.6 Å². The Kier molecular flexibility index (Phi) is 6.82. The highest BCUT2D eigenvalue weighted by Gasteiger charge is 2.35. The largest absolute Gasteiger partial charge is 0.466 e. The van der Waals surface area contributed by atoms with Crippen LogP contribution in [0.25, 0.3) is 0 Å².